The van der Waals surface area contributed by atoms with Crippen molar-refractivity contribution in [3.05, 3.63) is 48.5 Å². The Morgan fingerprint density at radius 2 is 0.649 bits per heavy atom. The normalized spacial score (nSPS) is 14.8. The number of hydrogen-bond acceptors (Lipinski definition) is 2. The Morgan fingerprint density at radius 3 is 0.811 bits per heavy atom. The van der Waals surface area contributed by atoms with Gasteiger partial charge >= 0.3 is 239 Å². The molecule has 37 heavy (non-hydrogen) atoms. The number of nitrogens with zero attached hydrogens (tertiary/aromatic N) is 2. The van der Waals surface area contributed by atoms with E-state index in [-0.39, 0.29) is 36.0 Å². The molecule has 0 bridgehead atoms. The molecule has 0 aliphatic heterocycles. The summed E-state index contributed by atoms with van der Waals surface area (Å²) in [7, 11) is 8.59. The van der Waals surface area contributed by atoms with Crippen LogP contribution >= 0.6 is 11.5 Å². The second-order valence-electron chi connectivity index (χ2n) is 15.4. The molecule has 2 aromatic carbocycles. The van der Waals surface area contributed by atoms with Crippen LogP contribution in [0.2, 0.25) is 0 Å². The van der Waals surface area contributed by atoms with Gasteiger partial charge in [0.05, 0.1) is 0 Å². The van der Waals surface area contributed by atoms with Gasteiger partial charge in [-0.3, -0.25) is 0 Å². The molecular weight excluding hydrogens is 525 g/mol. The summed E-state index contributed by atoms with van der Waals surface area (Å²) in [6.07, 6.45) is 0. The van der Waals surface area contributed by atoms with Crippen LogP contribution in [0.3, 0.4) is 0 Å². The van der Waals surface area contributed by atoms with Gasteiger partial charge in [0, 0.05) is 0 Å². The summed E-state index contributed by atoms with van der Waals surface area (Å²) in [5, 5.41) is 4.28. The monoisotopic (exact) mass is 583 g/mol. The van der Waals surface area contributed by atoms with Crippen molar-refractivity contribution < 1.29 is 15.4 Å². The molecule has 2 nitrogen and oxygen atoms in total. The average Bonchev–Trinajstić information content (AvgIpc) is 2.71. The summed E-state index contributed by atoms with van der Waals surface area (Å²) in [6, 6.07) is 19.6. The van der Waals surface area contributed by atoms with E-state index in [0.29, 0.717) is 0 Å². The Bertz CT molecular complexity index is 916. The third-order valence-corrected chi connectivity index (χ3v) is 46.4. The van der Waals surface area contributed by atoms with Crippen LogP contribution in [-0.2, 0) is 15.4 Å². The fraction of sp³-hybridized carbons (Fsp3) is 0.625. The standard InChI is InChI=1S/2C16H28NP.V/c2*1-15(2,3)18(16(4,5)6)14-11-9-13(10-12-14)17(7)8;/h2*9-12H,1-8H3;/q;;-2/p+2. The molecule has 0 aliphatic rings. The van der Waals surface area contributed by atoms with Crippen molar-refractivity contribution in [2.24, 2.45) is 0 Å². The fourth-order valence-corrected chi connectivity index (χ4v) is 55.7. The number of benzene rings is 2. The van der Waals surface area contributed by atoms with Gasteiger partial charge in [-0.25, -0.2) is 0 Å². The molecule has 2 aromatic rings. The number of anilines is 2. The first-order valence-electron chi connectivity index (χ1n) is 13.8. The summed E-state index contributed by atoms with van der Waals surface area (Å²) in [4.78, 5) is 4.45. The number of rotatable bonds is 6. The fourth-order valence-electron chi connectivity index (χ4n) is 7.04. The summed E-state index contributed by atoms with van der Waals surface area (Å²) in [5.41, 5.74) is -1.57. The van der Waals surface area contributed by atoms with E-state index in [1.54, 1.807) is 10.6 Å². The van der Waals surface area contributed by atoms with Gasteiger partial charge in [0.1, 0.15) is 0 Å². The summed E-state index contributed by atoms with van der Waals surface area (Å²) < 4.78 is 0. The van der Waals surface area contributed by atoms with Crippen LogP contribution in [0.4, 0.5) is 11.4 Å². The first kappa shape index (κ1) is 32.7. The molecule has 0 aromatic heterocycles. The maximum atomic E-state index is 2.57. The quantitative estimate of drug-likeness (QED) is 0.315. The van der Waals surface area contributed by atoms with Crippen molar-refractivity contribution >= 4 is 33.4 Å². The Morgan fingerprint density at radius 1 is 0.432 bits per heavy atom. The molecule has 211 valence electrons. The van der Waals surface area contributed by atoms with Gasteiger partial charge in [0.2, 0.25) is 0 Å². The molecule has 0 atom stereocenters. The van der Waals surface area contributed by atoms with Crippen LogP contribution in [0.5, 0.6) is 0 Å². The summed E-state index contributed by atoms with van der Waals surface area (Å²) in [6.45, 7) is 30.8. The van der Waals surface area contributed by atoms with E-state index < -0.39 is 11.5 Å². The molecule has 0 saturated heterocycles. The topological polar surface area (TPSA) is 6.48 Å². The molecule has 0 fully saturated rings. The molecule has 0 radical (unpaired) electrons. The average molecular weight is 584 g/mol. The Labute approximate surface area is 238 Å². The van der Waals surface area contributed by atoms with Crippen molar-refractivity contribution in [3.8, 4) is 0 Å². The van der Waals surface area contributed by atoms with E-state index >= 15 is 0 Å². The molecule has 0 unspecified atom stereocenters. The van der Waals surface area contributed by atoms with Crippen LogP contribution in [0.15, 0.2) is 48.5 Å². The zero-order valence-corrected chi connectivity index (χ0v) is 30.4. The van der Waals surface area contributed by atoms with Crippen LogP contribution in [-0.4, -0.2) is 48.8 Å². The molecule has 5 heteroatoms. The van der Waals surface area contributed by atoms with E-state index in [2.05, 4.69) is 170 Å². The van der Waals surface area contributed by atoms with E-state index in [4.69, 9.17) is 0 Å². The van der Waals surface area contributed by atoms with Gasteiger partial charge in [-0.15, -0.1) is 0 Å². The minimum absolute atomic E-state index is 0.0289. The van der Waals surface area contributed by atoms with Crippen LogP contribution < -0.4 is 20.4 Å². The SMILES string of the molecule is CN(C)c1ccc([PH]([V][PH](c2ccc(N(C)C)cc2)(C(C)(C)C)C(C)(C)C)(C(C)(C)C)C(C)(C)C)cc1. The maximum absolute atomic E-state index is 2.57. The van der Waals surface area contributed by atoms with Gasteiger partial charge in [0.15, 0.2) is 0 Å². The third kappa shape index (κ3) is 5.99. The van der Waals surface area contributed by atoms with Crippen molar-refractivity contribution in [2.45, 2.75) is 104 Å². The van der Waals surface area contributed by atoms with Crippen LogP contribution in [0.1, 0.15) is 83.1 Å². The molecule has 0 spiro atoms. The van der Waals surface area contributed by atoms with Gasteiger partial charge in [-0.1, -0.05) is 0 Å². The molecule has 0 heterocycles. The Hall–Kier alpha value is -0.516. The minimum atomic E-state index is -2.08. The Kier molecular flexibility index (Phi) is 9.55. The van der Waals surface area contributed by atoms with E-state index in [9.17, 15) is 0 Å². The van der Waals surface area contributed by atoms with Gasteiger partial charge in [-0.2, -0.15) is 0 Å². The van der Waals surface area contributed by atoms with Crippen molar-refractivity contribution in [3.63, 3.8) is 0 Å². The van der Waals surface area contributed by atoms with E-state index in [1.165, 1.54) is 11.4 Å². The summed E-state index contributed by atoms with van der Waals surface area (Å²) in [5.74, 6) is 0. The molecule has 0 N–H and O–H groups in total. The van der Waals surface area contributed by atoms with Crippen LogP contribution in [0.25, 0.3) is 0 Å². The zero-order valence-electron chi connectivity index (χ0n) is 27.0. The van der Waals surface area contributed by atoms with E-state index in [0.717, 1.165) is 0 Å². The predicted octanol–water partition coefficient (Wildman–Crippen LogP) is 8.38. The first-order chi connectivity index (χ1) is 16.5. The Balaban J connectivity index is 3.04. The van der Waals surface area contributed by atoms with Crippen molar-refractivity contribution in [1.29, 1.82) is 0 Å². The molecule has 2 rings (SSSR count). The number of hydrogen-bond donors (Lipinski definition) is 0. The first-order valence-corrected chi connectivity index (χ1v) is 21.9. The predicted molar refractivity (Wildman–Crippen MR) is 176 cm³/mol. The van der Waals surface area contributed by atoms with Crippen molar-refractivity contribution in [2.75, 3.05) is 38.0 Å². The molecular formula is C32H58N2P2V. The second-order valence-corrected chi connectivity index (χ2v) is 35.7. The van der Waals surface area contributed by atoms with Crippen molar-refractivity contribution in [1.82, 2.24) is 0 Å². The van der Waals surface area contributed by atoms with E-state index in [1.807, 2.05) is 0 Å². The zero-order chi connectivity index (χ0) is 28.8. The molecule has 0 amide bonds. The van der Waals surface area contributed by atoms with Gasteiger partial charge < -0.3 is 0 Å². The summed E-state index contributed by atoms with van der Waals surface area (Å²) >= 11 is 0.0289. The van der Waals surface area contributed by atoms with Gasteiger partial charge in [0.25, 0.3) is 0 Å². The van der Waals surface area contributed by atoms with Gasteiger partial charge in [-0.05, 0) is 0 Å². The third-order valence-electron chi connectivity index (χ3n) is 8.28. The van der Waals surface area contributed by atoms with Crippen LogP contribution in [0, 0.1) is 0 Å². The molecule has 0 saturated carbocycles. The second kappa shape index (κ2) is 10.8. The molecule has 0 aliphatic carbocycles.